The number of hydrogen-bond acceptors (Lipinski definition) is 9. The van der Waals surface area contributed by atoms with Gasteiger partial charge in [-0.15, -0.1) is 21.5 Å². The van der Waals surface area contributed by atoms with Crippen molar-refractivity contribution in [3.63, 3.8) is 0 Å². The Morgan fingerprint density at radius 2 is 1.87 bits per heavy atom. The second-order valence-corrected chi connectivity index (χ2v) is 11.4. The Morgan fingerprint density at radius 3 is 2.66 bits per heavy atom. The van der Waals surface area contributed by atoms with Crippen LogP contribution in [-0.2, 0) is 6.42 Å². The number of phenols is 1. The zero-order valence-corrected chi connectivity index (χ0v) is 22.6. The smallest absolute Gasteiger partial charge is 0.225 e. The number of phenolic OH excluding ortho intramolecular Hbond substituents is 1. The maximum absolute atomic E-state index is 10.3. The van der Waals surface area contributed by atoms with Gasteiger partial charge in [0.2, 0.25) is 5.95 Å². The Labute approximate surface area is 225 Å². The standard InChI is InChI=1S/C29H30N6O2S/c1-17(2)14-20-15-25(34-37-20)23-8-11-30-29(31-23)35-12-9-19(10-13-35)27-18(3)22-16-24(32-33-28(22)38-27)21-6-4-5-7-26(21)36/h4-8,11,15-17,19,36H,9-10,12-14H2,1-3H3. The fraction of sp³-hybridized carbons (Fsp3) is 0.345. The van der Waals surface area contributed by atoms with E-state index in [0.717, 1.165) is 65.7 Å². The molecule has 0 spiro atoms. The van der Waals surface area contributed by atoms with E-state index in [1.54, 1.807) is 23.6 Å². The number of para-hydroxylation sites is 1. The van der Waals surface area contributed by atoms with Gasteiger partial charge in [-0.1, -0.05) is 31.1 Å². The summed E-state index contributed by atoms with van der Waals surface area (Å²) in [6.45, 7) is 8.27. The molecule has 194 valence electrons. The highest BCUT2D eigenvalue weighted by molar-refractivity contribution is 7.18. The fourth-order valence-electron chi connectivity index (χ4n) is 5.17. The van der Waals surface area contributed by atoms with Gasteiger partial charge in [-0.25, -0.2) is 9.97 Å². The van der Waals surface area contributed by atoms with Crippen molar-refractivity contribution in [3.05, 3.63) is 64.9 Å². The van der Waals surface area contributed by atoms with Gasteiger partial charge in [0, 0.05) is 47.6 Å². The molecular formula is C29H30N6O2S. The summed E-state index contributed by atoms with van der Waals surface area (Å²) < 4.78 is 5.51. The van der Waals surface area contributed by atoms with Gasteiger partial charge in [-0.3, -0.25) is 0 Å². The van der Waals surface area contributed by atoms with E-state index in [1.165, 1.54) is 10.4 Å². The van der Waals surface area contributed by atoms with Crippen LogP contribution in [-0.4, -0.2) is 43.5 Å². The lowest BCUT2D eigenvalue weighted by atomic mass is 9.92. The highest BCUT2D eigenvalue weighted by Gasteiger charge is 2.26. The Kier molecular flexibility index (Phi) is 6.53. The van der Waals surface area contributed by atoms with Crippen molar-refractivity contribution >= 4 is 27.5 Å². The largest absolute Gasteiger partial charge is 0.507 e. The number of anilines is 1. The summed E-state index contributed by atoms with van der Waals surface area (Å²) in [5.74, 6) is 2.80. The molecule has 4 aromatic heterocycles. The predicted octanol–water partition coefficient (Wildman–Crippen LogP) is 6.40. The fourth-order valence-corrected chi connectivity index (χ4v) is 6.44. The van der Waals surface area contributed by atoms with Gasteiger partial charge < -0.3 is 14.5 Å². The highest BCUT2D eigenvalue weighted by Crippen LogP contribution is 2.41. The molecule has 5 aromatic rings. The molecule has 0 unspecified atom stereocenters. The molecule has 0 radical (unpaired) electrons. The number of aromatic nitrogens is 5. The van der Waals surface area contributed by atoms with Gasteiger partial charge in [0.15, 0.2) is 0 Å². The van der Waals surface area contributed by atoms with Crippen LogP contribution in [0.15, 0.2) is 53.2 Å². The first-order valence-corrected chi connectivity index (χ1v) is 13.9. The van der Waals surface area contributed by atoms with Crippen LogP contribution in [0.3, 0.4) is 0 Å². The van der Waals surface area contributed by atoms with Crippen LogP contribution in [0.5, 0.6) is 5.75 Å². The van der Waals surface area contributed by atoms with Crippen molar-refractivity contribution in [2.45, 2.75) is 46.0 Å². The van der Waals surface area contributed by atoms with Crippen molar-refractivity contribution in [1.82, 2.24) is 25.3 Å². The molecule has 8 nitrogen and oxygen atoms in total. The summed E-state index contributed by atoms with van der Waals surface area (Å²) in [6, 6.07) is 13.2. The number of thiophene rings is 1. The molecule has 0 atom stereocenters. The average Bonchev–Trinajstić information content (AvgIpc) is 3.53. The van der Waals surface area contributed by atoms with E-state index in [0.29, 0.717) is 23.1 Å². The van der Waals surface area contributed by atoms with Crippen molar-refractivity contribution in [1.29, 1.82) is 0 Å². The first-order valence-electron chi connectivity index (χ1n) is 13.1. The summed E-state index contributed by atoms with van der Waals surface area (Å²) in [4.78, 5) is 13.9. The van der Waals surface area contributed by atoms with E-state index in [9.17, 15) is 5.11 Å². The summed E-state index contributed by atoms with van der Waals surface area (Å²) >= 11 is 1.74. The number of aryl methyl sites for hydroxylation is 1. The number of piperidine rings is 1. The molecule has 1 aliphatic heterocycles. The van der Waals surface area contributed by atoms with E-state index < -0.39 is 0 Å². The average molecular weight is 527 g/mol. The topological polar surface area (TPSA) is 101 Å². The minimum Gasteiger partial charge on any atom is -0.507 e. The number of benzene rings is 1. The van der Waals surface area contributed by atoms with Crippen LogP contribution in [0.1, 0.15) is 48.8 Å². The molecule has 0 bridgehead atoms. The van der Waals surface area contributed by atoms with Crippen molar-refractivity contribution in [3.8, 4) is 28.4 Å². The molecular weight excluding hydrogens is 496 g/mol. The third-order valence-corrected chi connectivity index (χ3v) is 8.50. The van der Waals surface area contributed by atoms with Crippen molar-refractivity contribution in [2.24, 2.45) is 5.92 Å². The molecule has 38 heavy (non-hydrogen) atoms. The molecule has 1 fully saturated rings. The van der Waals surface area contributed by atoms with Crippen molar-refractivity contribution < 1.29 is 9.63 Å². The lowest BCUT2D eigenvalue weighted by Crippen LogP contribution is -2.34. The molecule has 6 rings (SSSR count). The summed E-state index contributed by atoms with van der Waals surface area (Å²) in [5.41, 5.74) is 4.20. The maximum Gasteiger partial charge on any atom is 0.225 e. The van der Waals surface area contributed by atoms with E-state index in [-0.39, 0.29) is 5.75 Å². The van der Waals surface area contributed by atoms with Crippen LogP contribution in [0.4, 0.5) is 5.95 Å². The molecule has 0 amide bonds. The maximum atomic E-state index is 10.3. The SMILES string of the molecule is Cc1c(C2CCN(c3nccc(-c4cc(CC(C)C)on4)n3)CC2)sc2nnc(-c3ccccc3O)cc12. The Bertz CT molecular complexity index is 1590. The van der Waals surface area contributed by atoms with Crippen molar-refractivity contribution in [2.75, 3.05) is 18.0 Å². The van der Waals surface area contributed by atoms with E-state index in [1.807, 2.05) is 30.3 Å². The number of nitrogens with zero attached hydrogens (tertiary/aromatic N) is 6. The molecule has 1 aliphatic rings. The summed E-state index contributed by atoms with van der Waals surface area (Å²) in [5, 5.41) is 24.5. The lowest BCUT2D eigenvalue weighted by Gasteiger charge is -2.32. The Hall–Kier alpha value is -3.85. The third-order valence-electron chi connectivity index (χ3n) is 7.14. The van der Waals surface area contributed by atoms with E-state index >= 15 is 0 Å². The van der Waals surface area contributed by atoms with Crippen LogP contribution in [0.25, 0.3) is 32.9 Å². The molecule has 1 N–H and O–H groups in total. The quantitative estimate of drug-likeness (QED) is 0.271. The Morgan fingerprint density at radius 1 is 1.05 bits per heavy atom. The summed E-state index contributed by atoms with van der Waals surface area (Å²) in [7, 11) is 0. The van der Waals surface area contributed by atoms with Gasteiger partial charge in [-0.2, -0.15) is 0 Å². The van der Waals surface area contributed by atoms with Gasteiger partial charge in [-0.05, 0) is 61.4 Å². The predicted molar refractivity (Wildman–Crippen MR) is 150 cm³/mol. The molecule has 1 saturated heterocycles. The number of fused-ring (bicyclic) bond motifs is 1. The molecule has 1 aromatic carbocycles. The number of rotatable bonds is 6. The monoisotopic (exact) mass is 526 g/mol. The minimum absolute atomic E-state index is 0.215. The second-order valence-electron chi connectivity index (χ2n) is 10.3. The van der Waals surface area contributed by atoms with Crippen LogP contribution >= 0.6 is 11.3 Å². The first kappa shape index (κ1) is 24.5. The molecule has 5 heterocycles. The molecule has 0 aliphatic carbocycles. The van der Waals surface area contributed by atoms with Gasteiger partial charge in [0.25, 0.3) is 0 Å². The molecule has 0 saturated carbocycles. The second kappa shape index (κ2) is 10.1. The van der Waals surface area contributed by atoms with E-state index in [4.69, 9.17) is 9.51 Å². The third kappa shape index (κ3) is 4.74. The van der Waals surface area contributed by atoms with Gasteiger partial charge in [0.05, 0.1) is 11.4 Å². The number of aromatic hydroxyl groups is 1. The van der Waals surface area contributed by atoms with Gasteiger partial charge in [0.1, 0.15) is 22.0 Å². The van der Waals surface area contributed by atoms with Crippen LogP contribution < -0.4 is 4.90 Å². The minimum atomic E-state index is 0.215. The zero-order valence-electron chi connectivity index (χ0n) is 21.8. The molecule has 9 heteroatoms. The normalized spacial score (nSPS) is 14.6. The van der Waals surface area contributed by atoms with E-state index in [2.05, 4.69) is 52.1 Å². The number of hydrogen-bond donors (Lipinski definition) is 1. The zero-order chi connectivity index (χ0) is 26.2. The van der Waals surface area contributed by atoms with Crippen LogP contribution in [0.2, 0.25) is 0 Å². The van der Waals surface area contributed by atoms with Gasteiger partial charge >= 0.3 is 0 Å². The summed E-state index contributed by atoms with van der Waals surface area (Å²) in [6.07, 6.45) is 4.70. The first-order chi connectivity index (χ1) is 18.5. The van der Waals surface area contributed by atoms with Crippen LogP contribution in [0, 0.1) is 12.8 Å². The lowest BCUT2D eigenvalue weighted by molar-refractivity contribution is 0.370. The Balaban J connectivity index is 1.18. The highest BCUT2D eigenvalue weighted by atomic mass is 32.1.